The minimum absolute atomic E-state index is 0.265. The topological polar surface area (TPSA) is 95.8 Å². The van der Waals surface area contributed by atoms with Gasteiger partial charge in [-0.1, -0.05) is 23.7 Å². The molecule has 1 aromatic carbocycles. The summed E-state index contributed by atoms with van der Waals surface area (Å²) in [6.07, 6.45) is 3.06. The highest BCUT2D eigenvalue weighted by molar-refractivity contribution is 6.30. The van der Waals surface area contributed by atoms with E-state index in [1.807, 2.05) is 12.1 Å². The lowest BCUT2D eigenvalue weighted by Crippen LogP contribution is -2.28. The Hall–Kier alpha value is -3.59. The molecule has 0 saturated heterocycles. The third-order valence-corrected chi connectivity index (χ3v) is 4.79. The first kappa shape index (κ1) is 16.6. The van der Waals surface area contributed by atoms with Gasteiger partial charge in [-0.25, -0.2) is 14.3 Å². The van der Waals surface area contributed by atoms with Gasteiger partial charge in [-0.3, -0.25) is 4.79 Å². The van der Waals surface area contributed by atoms with Gasteiger partial charge < -0.3 is 0 Å². The molecule has 0 aliphatic heterocycles. The summed E-state index contributed by atoms with van der Waals surface area (Å²) in [6, 6.07) is 8.97. The number of halogens is 1. The maximum atomic E-state index is 13.5. The summed E-state index contributed by atoms with van der Waals surface area (Å²) in [5.41, 5.74) is 1.63. The van der Waals surface area contributed by atoms with Crippen molar-refractivity contribution in [2.75, 3.05) is 0 Å². The summed E-state index contributed by atoms with van der Waals surface area (Å²) < 4.78 is 4.68. The van der Waals surface area contributed by atoms with Crippen molar-refractivity contribution in [2.45, 2.75) is 13.8 Å². The minimum atomic E-state index is -0.265. The van der Waals surface area contributed by atoms with E-state index in [0.717, 1.165) is 5.56 Å². The first-order valence-corrected chi connectivity index (χ1v) is 8.83. The second-order valence-electron chi connectivity index (χ2n) is 6.27. The van der Waals surface area contributed by atoms with Crippen molar-refractivity contribution in [3.8, 4) is 11.3 Å². The predicted molar refractivity (Wildman–Crippen MR) is 103 cm³/mol. The highest BCUT2D eigenvalue weighted by atomic mass is 35.5. The number of fused-ring (bicyclic) bond motifs is 2. The Bertz CT molecular complexity index is 1390. The van der Waals surface area contributed by atoms with Gasteiger partial charge in [-0.2, -0.15) is 14.6 Å². The molecule has 4 aromatic heterocycles. The molecule has 0 radical (unpaired) electrons. The van der Waals surface area contributed by atoms with Crippen molar-refractivity contribution in [3.05, 3.63) is 69.9 Å². The number of benzene rings is 1. The Morgan fingerprint density at radius 2 is 1.71 bits per heavy atom. The van der Waals surface area contributed by atoms with E-state index in [1.54, 1.807) is 47.4 Å². The zero-order valence-corrected chi connectivity index (χ0v) is 15.7. The van der Waals surface area contributed by atoms with Gasteiger partial charge >= 0.3 is 0 Å². The van der Waals surface area contributed by atoms with Crippen LogP contribution < -0.4 is 5.56 Å². The van der Waals surface area contributed by atoms with Gasteiger partial charge in [0.15, 0.2) is 0 Å². The molecule has 0 spiro atoms. The van der Waals surface area contributed by atoms with E-state index in [2.05, 4.69) is 25.3 Å². The number of hydrogen-bond donors (Lipinski definition) is 0. The summed E-state index contributed by atoms with van der Waals surface area (Å²) >= 11 is 6.04. The van der Waals surface area contributed by atoms with Crippen LogP contribution in [-0.4, -0.2) is 39.1 Å². The molecule has 5 rings (SSSR count). The zero-order valence-electron chi connectivity index (χ0n) is 14.9. The number of aromatic nitrogens is 8. The molecule has 0 saturated carbocycles. The number of aryl methyl sites for hydroxylation is 2. The molecule has 0 fully saturated rings. The average molecular weight is 393 g/mol. The molecule has 0 amide bonds. The van der Waals surface area contributed by atoms with Gasteiger partial charge in [-0.05, 0) is 32.0 Å². The van der Waals surface area contributed by atoms with Crippen LogP contribution in [0.1, 0.15) is 11.6 Å². The Morgan fingerprint density at radius 3 is 2.43 bits per heavy atom. The van der Waals surface area contributed by atoms with E-state index >= 15 is 0 Å². The Labute approximate surface area is 162 Å². The second kappa shape index (κ2) is 5.96. The van der Waals surface area contributed by atoms with E-state index < -0.39 is 0 Å². The van der Waals surface area contributed by atoms with Gasteiger partial charge in [-0.15, -0.1) is 10.2 Å². The molecule has 0 N–H and O–H groups in total. The highest BCUT2D eigenvalue weighted by Crippen LogP contribution is 2.27. The first-order valence-electron chi connectivity index (χ1n) is 8.45. The molecule has 28 heavy (non-hydrogen) atoms. The van der Waals surface area contributed by atoms with Crippen molar-refractivity contribution < 1.29 is 0 Å². The molecule has 138 valence electrons. The quantitative estimate of drug-likeness (QED) is 0.457. The van der Waals surface area contributed by atoms with E-state index in [9.17, 15) is 4.79 Å². The molecule has 10 heteroatoms. The van der Waals surface area contributed by atoms with Gasteiger partial charge in [0.1, 0.15) is 18.0 Å². The lowest BCUT2D eigenvalue weighted by molar-refractivity contribution is 0.595. The van der Waals surface area contributed by atoms with Crippen LogP contribution in [0.25, 0.3) is 27.9 Å². The molecule has 0 aliphatic carbocycles. The second-order valence-corrected chi connectivity index (χ2v) is 6.71. The summed E-state index contributed by atoms with van der Waals surface area (Å²) in [4.78, 5) is 22.2. The van der Waals surface area contributed by atoms with Gasteiger partial charge in [0, 0.05) is 16.8 Å². The molecular formula is C18H13ClN8O. The van der Waals surface area contributed by atoms with Crippen LogP contribution in [0.2, 0.25) is 5.02 Å². The number of pyridine rings is 1. The Kier molecular flexibility index (Phi) is 3.53. The van der Waals surface area contributed by atoms with Gasteiger partial charge in [0.05, 0.1) is 16.6 Å². The van der Waals surface area contributed by atoms with Crippen LogP contribution in [0.5, 0.6) is 0 Å². The van der Waals surface area contributed by atoms with E-state index in [4.69, 9.17) is 11.6 Å². The van der Waals surface area contributed by atoms with E-state index in [-0.39, 0.29) is 5.56 Å². The zero-order chi connectivity index (χ0) is 19.4. The molecule has 9 nitrogen and oxygen atoms in total. The number of rotatable bonds is 2. The van der Waals surface area contributed by atoms with Crippen molar-refractivity contribution in [2.24, 2.45) is 0 Å². The summed E-state index contributed by atoms with van der Waals surface area (Å²) in [6.45, 7) is 3.57. The fourth-order valence-electron chi connectivity index (χ4n) is 3.32. The average Bonchev–Trinajstić information content (AvgIpc) is 3.28. The van der Waals surface area contributed by atoms with Crippen LogP contribution >= 0.6 is 11.6 Å². The minimum Gasteiger partial charge on any atom is -0.267 e. The summed E-state index contributed by atoms with van der Waals surface area (Å²) in [5, 5.41) is 13.4. The maximum Gasteiger partial charge on any atom is 0.281 e. The lowest BCUT2D eigenvalue weighted by Gasteiger charge is -2.13. The maximum absolute atomic E-state index is 13.5. The van der Waals surface area contributed by atoms with Crippen molar-refractivity contribution in [3.63, 3.8) is 0 Å². The molecule has 0 atom stereocenters. The van der Waals surface area contributed by atoms with E-state index in [1.165, 1.54) is 11.0 Å². The van der Waals surface area contributed by atoms with Crippen LogP contribution in [0.3, 0.4) is 0 Å². The van der Waals surface area contributed by atoms with Crippen molar-refractivity contribution >= 4 is 28.3 Å². The molecular weight excluding hydrogens is 380 g/mol. The standard InChI is InChI=1S/C18H13ClN8O/c1-10-23-24-11(2)27(10)25-8-7-14-15(17(25)28)16(12-3-5-13(19)6-4-12)26-18(22-14)20-9-21-26/h3-9H,1-2H3. The first-order chi connectivity index (χ1) is 13.5. The van der Waals surface area contributed by atoms with E-state index in [0.29, 0.717) is 39.0 Å². The molecule has 0 aliphatic rings. The van der Waals surface area contributed by atoms with Gasteiger partial charge in [0.25, 0.3) is 11.3 Å². The summed E-state index contributed by atoms with van der Waals surface area (Å²) in [7, 11) is 0. The SMILES string of the molecule is Cc1nnc(C)n1-n1ccc2nc3ncnn3c(-c3ccc(Cl)cc3)c2c1=O. The lowest BCUT2D eigenvalue weighted by atomic mass is 10.1. The van der Waals surface area contributed by atoms with Gasteiger partial charge in [0.2, 0.25) is 0 Å². The summed E-state index contributed by atoms with van der Waals surface area (Å²) in [5.74, 6) is 1.61. The van der Waals surface area contributed by atoms with Crippen LogP contribution in [0, 0.1) is 13.8 Å². The van der Waals surface area contributed by atoms with Crippen LogP contribution in [0.4, 0.5) is 0 Å². The number of hydrogen-bond acceptors (Lipinski definition) is 6. The monoisotopic (exact) mass is 392 g/mol. The van der Waals surface area contributed by atoms with Crippen LogP contribution in [-0.2, 0) is 0 Å². The largest absolute Gasteiger partial charge is 0.281 e. The Morgan fingerprint density at radius 1 is 1.00 bits per heavy atom. The van der Waals surface area contributed by atoms with Crippen molar-refractivity contribution in [1.29, 1.82) is 0 Å². The predicted octanol–water partition coefficient (Wildman–Crippen LogP) is 2.28. The number of nitrogens with zero attached hydrogens (tertiary/aromatic N) is 8. The fourth-order valence-corrected chi connectivity index (χ4v) is 3.45. The normalized spacial score (nSPS) is 11.5. The van der Waals surface area contributed by atoms with Crippen LogP contribution in [0.15, 0.2) is 47.7 Å². The molecule has 5 aromatic rings. The van der Waals surface area contributed by atoms with Crippen molar-refractivity contribution in [1.82, 2.24) is 39.1 Å². The third kappa shape index (κ3) is 2.33. The molecule has 0 unspecified atom stereocenters. The highest BCUT2D eigenvalue weighted by Gasteiger charge is 2.18. The fraction of sp³-hybridized carbons (Fsp3) is 0.111. The molecule has 4 heterocycles. The third-order valence-electron chi connectivity index (χ3n) is 4.54. The molecule has 0 bridgehead atoms. The Balaban J connectivity index is 1.95. The smallest absolute Gasteiger partial charge is 0.267 e.